The molecule has 17 heteroatoms. The Morgan fingerprint density at radius 1 is 0.750 bits per heavy atom. The summed E-state index contributed by atoms with van der Waals surface area (Å²) in [7, 11) is 0. The van der Waals surface area contributed by atoms with Crippen molar-refractivity contribution in [1.82, 2.24) is 36.9 Å². The molecule has 0 unspecified atom stereocenters. The normalized spacial score (nSPS) is 13.3. The Kier molecular flexibility index (Phi) is 12.8. The highest BCUT2D eigenvalue weighted by atomic mass is 16.2. The smallest absolute Gasteiger partial charge is 0.243 e. The number of nitrogens with two attached hydrogens (primary N) is 2. The van der Waals surface area contributed by atoms with E-state index in [0.717, 1.165) is 16.5 Å². The van der Waals surface area contributed by atoms with E-state index in [0.29, 0.717) is 0 Å². The van der Waals surface area contributed by atoms with Crippen molar-refractivity contribution in [2.45, 2.75) is 57.8 Å². The quantitative estimate of drug-likeness (QED) is 0.0904. The van der Waals surface area contributed by atoms with Crippen LogP contribution in [0.5, 0.6) is 0 Å². The summed E-state index contributed by atoms with van der Waals surface area (Å²) >= 11 is 0. The second kappa shape index (κ2) is 16.2. The average molecular weight is 616 g/mol. The number of H-pyrrole nitrogens is 1. The molecule has 17 nitrogen and oxygen atoms in total. The first-order chi connectivity index (χ1) is 20.7. The zero-order valence-corrected chi connectivity index (χ0v) is 24.4. The molecule has 0 saturated heterocycles. The third-order valence-electron chi connectivity index (χ3n) is 6.26. The summed E-state index contributed by atoms with van der Waals surface area (Å²) in [6.07, 6.45) is 1.31. The third-order valence-corrected chi connectivity index (χ3v) is 6.26. The SMILES string of the molecule is CC(=O)N[C@@H](Cc1c[nH]c2ccccc12)C(=O)N[C@@H](C)C(=O)NCC(=O)NCC(=O)N[C@@H](CC(N)=O)C(=O)N[C@@H](C)C(N)=O. The second-order valence-electron chi connectivity index (χ2n) is 9.96. The van der Waals surface area contributed by atoms with Crippen molar-refractivity contribution < 1.29 is 38.4 Å². The molecular weight excluding hydrogens is 578 g/mol. The van der Waals surface area contributed by atoms with E-state index in [1.54, 1.807) is 6.20 Å². The van der Waals surface area contributed by atoms with Crippen LogP contribution >= 0.6 is 0 Å². The van der Waals surface area contributed by atoms with Crippen LogP contribution in [0, 0.1) is 0 Å². The fourth-order valence-electron chi connectivity index (χ4n) is 3.96. The highest BCUT2D eigenvalue weighted by Gasteiger charge is 2.27. The Balaban J connectivity index is 1.85. The maximum atomic E-state index is 12.9. The number of hydrogen-bond donors (Lipinski definition) is 9. The summed E-state index contributed by atoms with van der Waals surface area (Å²) in [5.41, 5.74) is 11.8. The van der Waals surface area contributed by atoms with E-state index in [1.165, 1.54) is 20.8 Å². The van der Waals surface area contributed by atoms with Gasteiger partial charge >= 0.3 is 0 Å². The van der Waals surface area contributed by atoms with Crippen molar-refractivity contribution in [2.75, 3.05) is 13.1 Å². The van der Waals surface area contributed by atoms with E-state index in [-0.39, 0.29) is 6.42 Å². The number of aromatic amines is 1. The maximum Gasteiger partial charge on any atom is 0.243 e. The summed E-state index contributed by atoms with van der Waals surface area (Å²) < 4.78 is 0. The van der Waals surface area contributed by atoms with Gasteiger partial charge in [-0.15, -0.1) is 0 Å². The Hall–Kier alpha value is -5.48. The molecule has 0 saturated carbocycles. The Labute approximate surface area is 252 Å². The Morgan fingerprint density at radius 3 is 2.00 bits per heavy atom. The van der Waals surface area contributed by atoms with Crippen molar-refractivity contribution in [3.05, 3.63) is 36.0 Å². The number of aromatic nitrogens is 1. The van der Waals surface area contributed by atoms with E-state index in [2.05, 4.69) is 36.9 Å². The molecule has 0 spiro atoms. The molecule has 0 aliphatic heterocycles. The predicted molar refractivity (Wildman–Crippen MR) is 156 cm³/mol. The van der Waals surface area contributed by atoms with Crippen LogP contribution in [0.1, 0.15) is 32.8 Å². The van der Waals surface area contributed by atoms with Crippen molar-refractivity contribution in [1.29, 1.82) is 0 Å². The van der Waals surface area contributed by atoms with Gasteiger partial charge in [0, 0.05) is 30.4 Å². The Morgan fingerprint density at radius 2 is 1.36 bits per heavy atom. The zero-order chi connectivity index (χ0) is 33.0. The van der Waals surface area contributed by atoms with Gasteiger partial charge in [0.2, 0.25) is 47.3 Å². The number of para-hydroxylation sites is 1. The van der Waals surface area contributed by atoms with Gasteiger partial charge in [-0.25, -0.2) is 0 Å². The summed E-state index contributed by atoms with van der Waals surface area (Å²) in [6.45, 7) is 2.77. The molecule has 44 heavy (non-hydrogen) atoms. The van der Waals surface area contributed by atoms with Crippen LogP contribution in [-0.2, 0) is 44.8 Å². The highest BCUT2D eigenvalue weighted by molar-refractivity contribution is 5.96. The number of amides is 8. The maximum absolute atomic E-state index is 12.9. The van der Waals surface area contributed by atoms with Crippen molar-refractivity contribution >= 4 is 58.2 Å². The van der Waals surface area contributed by atoms with Crippen LogP contribution in [0.3, 0.4) is 0 Å². The van der Waals surface area contributed by atoms with Crippen molar-refractivity contribution in [2.24, 2.45) is 11.5 Å². The molecular formula is C27H37N9O8. The van der Waals surface area contributed by atoms with Gasteiger partial charge in [-0.3, -0.25) is 38.4 Å². The molecule has 2 aromatic rings. The molecule has 11 N–H and O–H groups in total. The summed E-state index contributed by atoms with van der Waals surface area (Å²) in [5, 5.41) is 15.0. The van der Waals surface area contributed by atoms with E-state index < -0.39 is 90.9 Å². The van der Waals surface area contributed by atoms with Gasteiger partial charge < -0.3 is 48.4 Å². The first-order valence-corrected chi connectivity index (χ1v) is 13.5. The lowest BCUT2D eigenvalue weighted by molar-refractivity contribution is -0.133. The van der Waals surface area contributed by atoms with Crippen LogP contribution < -0.4 is 43.4 Å². The minimum Gasteiger partial charge on any atom is -0.370 e. The van der Waals surface area contributed by atoms with Gasteiger partial charge in [-0.1, -0.05) is 18.2 Å². The molecule has 0 aliphatic carbocycles. The lowest BCUT2D eigenvalue weighted by atomic mass is 10.0. The fraction of sp³-hybridized carbons (Fsp3) is 0.407. The summed E-state index contributed by atoms with van der Waals surface area (Å²) in [6, 6.07) is 2.86. The van der Waals surface area contributed by atoms with Gasteiger partial charge in [0.25, 0.3) is 0 Å². The molecule has 2 rings (SSSR count). The van der Waals surface area contributed by atoms with Crippen LogP contribution in [0.25, 0.3) is 10.9 Å². The Bertz CT molecular complexity index is 1420. The van der Waals surface area contributed by atoms with Gasteiger partial charge in [0.05, 0.1) is 19.5 Å². The number of rotatable bonds is 16. The fourth-order valence-corrected chi connectivity index (χ4v) is 3.96. The number of benzene rings is 1. The summed E-state index contributed by atoms with van der Waals surface area (Å²) in [4.78, 5) is 99.5. The molecule has 238 valence electrons. The number of nitrogens with one attached hydrogen (secondary N) is 7. The van der Waals surface area contributed by atoms with Crippen LogP contribution in [0.4, 0.5) is 0 Å². The topological polar surface area (TPSA) is 277 Å². The van der Waals surface area contributed by atoms with Gasteiger partial charge in [0.15, 0.2) is 0 Å². The monoisotopic (exact) mass is 615 g/mol. The molecule has 1 aromatic carbocycles. The minimum absolute atomic E-state index is 0.153. The van der Waals surface area contributed by atoms with Gasteiger partial charge in [-0.05, 0) is 25.5 Å². The largest absolute Gasteiger partial charge is 0.370 e. The lowest BCUT2D eigenvalue weighted by Gasteiger charge is -2.21. The molecule has 8 amide bonds. The number of hydrogen-bond acceptors (Lipinski definition) is 8. The molecule has 1 heterocycles. The standard InChI is InChI=1S/C27H37N9O8/c1-13(24(29)41)33-27(44)20(9-21(28)38)36-23(40)12-31-22(39)11-32-25(42)14(2)34-26(43)19(35-15(3)37)8-16-10-30-18-7-5-4-6-17(16)18/h4-7,10,13-14,19-20,30H,8-9,11-12H2,1-3H3,(H2,28,38)(H2,29,41)(H,31,39)(H,32,42)(H,33,44)(H,34,43)(H,35,37)(H,36,40)/t13-,14-,19-,20-/m0/s1. The van der Waals surface area contributed by atoms with E-state index in [9.17, 15) is 38.4 Å². The van der Waals surface area contributed by atoms with Crippen LogP contribution in [-0.4, -0.2) is 89.5 Å². The lowest BCUT2D eigenvalue weighted by Crippen LogP contribution is -2.55. The number of fused-ring (bicyclic) bond motifs is 1. The van der Waals surface area contributed by atoms with Gasteiger partial charge in [0.1, 0.15) is 24.2 Å². The molecule has 0 radical (unpaired) electrons. The predicted octanol–water partition coefficient (Wildman–Crippen LogP) is -3.70. The van der Waals surface area contributed by atoms with Crippen LogP contribution in [0.2, 0.25) is 0 Å². The molecule has 0 fully saturated rings. The van der Waals surface area contributed by atoms with E-state index in [4.69, 9.17) is 11.5 Å². The molecule has 4 atom stereocenters. The molecule has 1 aromatic heterocycles. The zero-order valence-electron chi connectivity index (χ0n) is 24.4. The van der Waals surface area contributed by atoms with Gasteiger partial charge in [-0.2, -0.15) is 0 Å². The average Bonchev–Trinajstić information content (AvgIpc) is 3.36. The van der Waals surface area contributed by atoms with E-state index in [1.807, 2.05) is 24.3 Å². The third kappa shape index (κ3) is 11.1. The number of carbonyl (C=O) groups is 8. The second-order valence-corrected chi connectivity index (χ2v) is 9.96. The van der Waals surface area contributed by atoms with Crippen LogP contribution in [0.15, 0.2) is 30.5 Å². The highest BCUT2D eigenvalue weighted by Crippen LogP contribution is 2.19. The summed E-state index contributed by atoms with van der Waals surface area (Å²) in [5.74, 6) is -6.05. The minimum atomic E-state index is -1.43. The molecule has 0 aliphatic rings. The van der Waals surface area contributed by atoms with Crippen molar-refractivity contribution in [3.8, 4) is 0 Å². The van der Waals surface area contributed by atoms with E-state index >= 15 is 0 Å². The first kappa shape index (κ1) is 34.7. The van der Waals surface area contributed by atoms with Crippen molar-refractivity contribution in [3.63, 3.8) is 0 Å². The number of primary amides is 2. The number of carbonyl (C=O) groups excluding carboxylic acids is 8. The first-order valence-electron chi connectivity index (χ1n) is 13.5. The molecule has 0 bridgehead atoms.